The molecule has 1 aromatic heterocycles. The molecule has 116 valence electrons. The van der Waals surface area contributed by atoms with E-state index in [2.05, 4.69) is 4.98 Å². The van der Waals surface area contributed by atoms with Crippen molar-refractivity contribution in [3.8, 4) is 5.75 Å². The highest BCUT2D eigenvalue weighted by atomic mass is 32.2. The van der Waals surface area contributed by atoms with E-state index in [1.54, 1.807) is 23.1 Å². The summed E-state index contributed by atoms with van der Waals surface area (Å²) in [5.74, 6) is 0.975. The molecule has 1 fully saturated rings. The lowest BCUT2D eigenvalue weighted by molar-refractivity contribution is -0.117. The predicted molar refractivity (Wildman–Crippen MR) is 91.7 cm³/mol. The smallest absolute Gasteiger partial charge is 0.242 e. The highest BCUT2D eigenvalue weighted by molar-refractivity contribution is 8.01. The third kappa shape index (κ3) is 2.85. The van der Waals surface area contributed by atoms with Crippen molar-refractivity contribution in [2.75, 3.05) is 11.5 Å². The maximum Gasteiger partial charge on any atom is 0.242 e. The van der Waals surface area contributed by atoms with Gasteiger partial charge in [0.1, 0.15) is 11.1 Å². The number of amides is 1. The van der Waals surface area contributed by atoms with Gasteiger partial charge in [-0.15, -0.1) is 23.1 Å². The zero-order valence-corrected chi connectivity index (χ0v) is 14.4. The first kappa shape index (κ1) is 15.4. The van der Waals surface area contributed by atoms with Gasteiger partial charge in [-0.3, -0.25) is 9.69 Å². The van der Waals surface area contributed by atoms with Crippen LogP contribution in [-0.2, 0) is 4.79 Å². The number of thioether (sulfide) groups is 1. The first-order chi connectivity index (χ1) is 10.6. The summed E-state index contributed by atoms with van der Waals surface area (Å²) >= 11 is 3.22. The second-order valence-corrected chi connectivity index (χ2v) is 7.73. The molecule has 2 heterocycles. The number of ether oxygens (including phenoxy) is 1. The van der Waals surface area contributed by atoms with Gasteiger partial charge in [-0.25, -0.2) is 4.98 Å². The Morgan fingerprint density at radius 2 is 2.05 bits per heavy atom. The molecule has 1 saturated heterocycles. The van der Waals surface area contributed by atoms with E-state index in [-0.39, 0.29) is 16.5 Å². The van der Waals surface area contributed by atoms with Gasteiger partial charge in [-0.05, 0) is 38.5 Å². The van der Waals surface area contributed by atoms with Crippen molar-refractivity contribution in [3.63, 3.8) is 0 Å². The van der Waals surface area contributed by atoms with E-state index < -0.39 is 0 Å². The summed E-state index contributed by atoms with van der Waals surface area (Å²) in [6, 6.07) is 7.97. The highest BCUT2D eigenvalue weighted by Crippen LogP contribution is 2.46. The van der Waals surface area contributed by atoms with Gasteiger partial charge in [0, 0.05) is 11.1 Å². The summed E-state index contributed by atoms with van der Waals surface area (Å²) in [5.41, 5.74) is 1.10. The summed E-state index contributed by atoms with van der Waals surface area (Å²) in [6.45, 7) is 6.57. The standard InChI is InChI=1S/C16H18N2O2S2/c1-4-20-13-7-5-12(6-8-13)15-18(14(19)11(3)22-15)16-17-9-10(2)21-16/h5-9,11,15H,4H2,1-3H3/t11-,15+/m0/s1. The van der Waals surface area contributed by atoms with Gasteiger partial charge in [-0.1, -0.05) is 12.1 Å². The molecule has 0 bridgehead atoms. The number of carbonyl (C=O) groups excluding carboxylic acids is 1. The number of rotatable bonds is 4. The van der Waals surface area contributed by atoms with Crippen LogP contribution >= 0.6 is 23.1 Å². The zero-order chi connectivity index (χ0) is 15.7. The number of aryl methyl sites for hydroxylation is 1. The molecule has 1 aromatic carbocycles. The normalized spacial score (nSPS) is 21.4. The van der Waals surface area contributed by atoms with E-state index in [4.69, 9.17) is 4.74 Å². The molecular weight excluding hydrogens is 316 g/mol. The minimum atomic E-state index is -0.0548. The van der Waals surface area contributed by atoms with Crippen LogP contribution in [0.2, 0.25) is 0 Å². The monoisotopic (exact) mass is 334 g/mol. The maximum atomic E-state index is 12.5. The summed E-state index contributed by atoms with van der Waals surface area (Å²) < 4.78 is 5.48. The number of hydrogen-bond acceptors (Lipinski definition) is 5. The molecule has 0 unspecified atom stereocenters. The Balaban J connectivity index is 1.91. The van der Waals surface area contributed by atoms with Gasteiger partial charge in [-0.2, -0.15) is 0 Å². The van der Waals surface area contributed by atoms with Crippen LogP contribution in [0.4, 0.5) is 5.13 Å². The Morgan fingerprint density at radius 1 is 1.32 bits per heavy atom. The molecule has 0 spiro atoms. The second-order valence-electron chi connectivity index (χ2n) is 5.09. The van der Waals surface area contributed by atoms with Crippen molar-refractivity contribution in [2.45, 2.75) is 31.4 Å². The Bertz CT molecular complexity index is 669. The SMILES string of the molecule is CCOc1ccc([C@H]2S[C@@H](C)C(=O)N2c2ncc(C)s2)cc1. The largest absolute Gasteiger partial charge is 0.494 e. The molecule has 1 aliphatic rings. The minimum Gasteiger partial charge on any atom is -0.494 e. The van der Waals surface area contributed by atoms with Crippen LogP contribution in [0.5, 0.6) is 5.75 Å². The number of nitrogens with zero attached hydrogens (tertiary/aromatic N) is 2. The van der Waals surface area contributed by atoms with Gasteiger partial charge in [0.05, 0.1) is 11.9 Å². The van der Waals surface area contributed by atoms with Gasteiger partial charge in [0.2, 0.25) is 5.91 Å². The third-order valence-electron chi connectivity index (χ3n) is 3.44. The molecule has 4 nitrogen and oxygen atoms in total. The molecule has 2 atom stereocenters. The summed E-state index contributed by atoms with van der Waals surface area (Å²) in [5, 5.41) is 0.697. The van der Waals surface area contributed by atoms with Crippen LogP contribution < -0.4 is 9.64 Å². The Hall–Kier alpha value is -1.53. The Kier molecular flexibility index (Phi) is 4.40. The molecule has 1 aliphatic heterocycles. The zero-order valence-electron chi connectivity index (χ0n) is 12.8. The number of aromatic nitrogens is 1. The Morgan fingerprint density at radius 3 is 2.64 bits per heavy atom. The first-order valence-corrected chi connectivity index (χ1v) is 8.99. The number of carbonyl (C=O) groups is 1. The molecule has 0 N–H and O–H groups in total. The van der Waals surface area contributed by atoms with Crippen molar-refractivity contribution in [3.05, 3.63) is 40.9 Å². The van der Waals surface area contributed by atoms with Gasteiger partial charge >= 0.3 is 0 Å². The molecule has 1 amide bonds. The van der Waals surface area contributed by atoms with E-state index in [1.165, 1.54) is 0 Å². The van der Waals surface area contributed by atoms with Crippen molar-refractivity contribution in [1.29, 1.82) is 0 Å². The fraction of sp³-hybridized carbons (Fsp3) is 0.375. The topological polar surface area (TPSA) is 42.4 Å². The molecule has 22 heavy (non-hydrogen) atoms. The van der Waals surface area contributed by atoms with Crippen LogP contribution in [0.1, 0.15) is 29.7 Å². The average molecular weight is 334 g/mol. The first-order valence-electron chi connectivity index (χ1n) is 7.24. The lowest BCUT2D eigenvalue weighted by atomic mass is 10.2. The molecule has 3 rings (SSSR count). The number of hydrogen-bond donors (Lipinski definition) is 0. The Labute approximate surface area is 138 Å². The maximum absolute atomic E-state index is 12.5. The summed E-state index contributed by atoms with van der Waals surface area (Å²) in [7, 11) is 0. The van der Waals surface area contributed by atoms with Crippen molar-refractivity contribution in [2.24, 2.45) is 0 Å². The fourth-order valence-corrected chi connectivity index (χ4v) is 4.51. The van der Waals surface area contributed by atoms with E-state index >= 15 is 0 Å². The molecule has 2 aromatic rings. The molecule has 6 heteroatoms. The van der Waals surface area contributed by atoms with Gasteiger partial charge in [0.25, 0.3) is 0 Å². The van der Waals surface area contributed by atoms with Crippen LogP contribution in [0.25, 0.3) is 0 Å². The molecule has 0 radical (unpaired) electrons. The highest BCUT2D eigenvalue weighted by Gasteiger charge is 2.40. The van der Waals surface area contributed by atoms with Crippen molar-refractivity contribution < 1.29 is 9.53 Å². The lowest BCUT2D eigenvalue weighted by Crippen LogP contribution is -2.29. The van der Waals surface area contributed by atoms with Crippen molar-refractivity contribution in [1.82, 2.24) is 4.98 Å². The van der Waals surface area contributed by atoms with Crippen LogP contribution in [0, 0.1) is 6.92 Å². The second kappa shape index (κ2) is 6.30. The average Bonchev–Trinajstić information content (AvgIpc) is 3.05. The van der Waals surface area contributed by atoms with E-state index in [0.717, 1.165) is 21.3 Å². The molecule has 0 aliphatic carbocycles. The number of thiazole rings is 1. The lowest BCUT2D eigenvalue weighted by Gasteiger charge is -2.21. The van der Waals surface area contributed by atoms with Crippen LogP contribution in [0.3, 0.4) is 0 Å². The molecule has 0 saturated carbocycles. The van der Waals surface area contributed by atoms with E-state index in [0.29, 0.717) is 6.61 Å². The number of benzene rings is 1. The van der Waals surface area contributed by atoms with Gasteiger partial charge < -0.3 is 4.74 Å². The van der Waals surface area contributed by atoms with Crippen LogP contribution in [-0.4, -0.2) is 22.7 Å². The number of anilines is 1. The summed E-state index contributed by atoms with van der Waals surface area (Å²) in [4.78, 5) is 19.8. The predicted octanol–water partition coefficient (Wildman–Crippen LogP) is 4.02. The minimum absolute atomic E-state index is 0.0243. The fourth-order valence-electron chi connectivity index (χ4n) is 2.40. The quantitative estimate of drug-likeness (QED) is 0.847. The third-order valence-corrected chi connectivity index (χ3v) is 5.71. The van der Waals surface area contributed by atoms with E-state index in [9.17, 15) is 4.79 Å². The van der Waals surface area contributed by atoms with Gasteiger partial charge in [0.15, 0.2) is 5.13 Å². The molecular formula is C16H18N2O2S2. The van der Waals surface area contributed by atoms with Crippen LogP contribution in [0.15, 0.2) is 30.5 Å². The summed E-state index contributed by atoms with van der Waals surface area (Å²) in [6.07, 6.45) is 1.82. The van der Waals surface area contributed by atoms with Crippen molar-refractivity contribution >= 4 is 34.1 Å². The van der Waals surface area contributed by atoms with E-state index in [1.807, 2.05) is 56.1 Å².